The minimum absolute atomic E-state index is 0.206. The van der Waals surface area contributed by atoms with Crippen LogP contribution >= 0.6 is 11.3 Å². The molecule has 1 fully saturated rings. The number of nitrogens with zero attached hydrogens (tertiary/aromatic N) is 2. The predicted octanol–water partition coefficient (Wildman–Crippen LogP) is 5.19. The summed E-state index contributed by atoms with van der Waals surface area (Å²) in [4.78, 5) is 18.9. The Balaban J connectivity index is 1.39. The van der Waals surface area contributed by atoms with Crippen molar-refractivity contribution in [3.63, 3.8) is 0 Å². The van der Waals surface area contributed by atoms with Crippen molar-refractivity contribution in [3.8, 4) is 21.0 Å². The number of rotatable bonds is 7. The molecule has 0 radical (unpaired) electrons. The lowest BCUT2D eigenvalue weighted by Crippen LogP contribution is -2.49. The number of aliphatic carboxylic acids is 1. The summed E-state index contributed by atoms with van der Waals surface area (Å²) in [5, 5.41) is 10.0. The lowest BCUT2D eigenvalue weighted by molar-refractivity contribution is -0.147. The van der Waals surface area contributed by atoms with Crippen molar-refractivity contribution in [1.82, 2.24) is 9.88 Å². The normalized spacial score (nSPS) is 14.9. The SMILES string of the molecule is CC(C)Cc1ccc(-c2cnc(-c3ccc(CN4CC(C(=O)O)C4)cc3)s2)cc1. The van der Waals surface area contributed by atoms with Gasteiger partial charge in [-0.1, -0.05) is 62.4 Å². The molecule has 1 N–H and O–H groups in total. The number of aromatic nitrogens is 1. The van der Waals surface area contributed by atoms with E-state index in [1.54, 1.807) is 11.3 Å². The van der Waals surface area contributed by atoms with Crippen LogP contribution < -0.4 is 0 Å². The molecule has 3 aromatic rings. The Morgan fingerprint density at radius 3 is 2.31 bits per heavy atom. The van der Waals surface area contributed by atoms with E-state index in [1.807, 2.05) is 6.20 Å². The van der Waals surface area contributed by atoms with Crippen LogP contribution in [0.25, 0.3) is 21.0 Å². The molecule has 0 bridgehead atoms. The summed E-state index contributed by atoms with van der Waals surface area (Å²) >= 11 is 1.71. The average Bonchev–Trinajstić information content (AvgIpc) is 3.15. The number of carboxylic acids is 1. The highest BCUT2D eigenvalue weighted by Gasteiger charge is 2.32. The van der Waals surface area contributed by atoms with Gasteiger partial charge in [0.2, 0.25) is 0 Å². The van der Waals surface area contributed by atoms with E-state index in [2.05, 4.69) is 72.3 Å². The molecule has 5 heteroatoms. The van der Waals surface area contributed by atoms with Gasteiger partial charge in [-0.2, -0.15) is 0 Å². The maximum Gasteiger partial charge on any atom is 0.309 e. The summed E-state index contributed by atoms with van der Waals surface area (Å²) in [6.07, 6.45) is 3.06. The highest BCUT2D eigenvalue weighted by atomic mass is 32.1. The topological polar surface area (TPSA) is 53.4 Å². The highest BCUT2D eigenvalue weighted by molar-refractivity contribution is 7.18. The second-order valence-corrected chi connectivity index (χ2v) is 9.28. The van der Waals surface area contributed by atoms with Gasteiger partial charge in [0.05, 0.1) is 10.8 Å². The molecule has 0 atom stereocenters. The van der Waals surface area contributed by atoms with Gasteiger partial charge in [-0.3, -0.25) is 9.69 Å². The summed E-state index contributed by atoms with van der Waals surface area (Å²) in [6.45, 7) is 6.57. The number of thiazole rings is 1. The Labute approximate surface area is 175 Å². The molecule has 0 unspecified atom stereocenters. The van der Waals surface area contributed by atoms with Gasteiger partial charge in [0, 0.05) is 31.4 Å². The lowest BCUT2D eigenvalue weighted by atomic mass is 9.99. The molecule has 1 aliphatic heterocycles. The minimum atomic E-state index is -0.689. The van der Waals surface area contributed by atoms with Crippen LogP contribution in [0.1, 0.15) is 25.0 Å². The van der Waals surface area contributed by atoms with Crippen molar-refractivity contribution in [3.05, 3.63) is 65.9 Å². The van der Waals surface area contributed by atoms with Crippen LogP contribution in [0.15, 0.2) is 54.7 Å². The van der Waals surface area contributed by atoms with Gasteiger partial charge in [-0.05, 0) is 29.0 Å². The first-order valence-corrected chi connectivity index (χ1v) is 10.9. The maximum absolute atomic E-state index is 10.9. The molecule has 4 rings (SSSR count). The fourth-order valence-corrected chi connectivity index (χ4v) is 4.61. The molecule has 2 aromatic carbocycles. The Morgan fingerprint density at radius 2 is 1.69 bits per heavy atom. The first-order valence-electron chi connectivity index (χ1n) is 10.1. The van der Waals surface area contributed by atoms with E-state index in [0.29, 0.717) is 19.0 Å². The molecule has 1 aliphatic rings. The first-order chi connectivity index (χ1) is 14.0. The van der Waals surface area contributed by atoms with Crippen molar-refractivity contribution >= 4 is 17.3 Å². The molecule has 0 amide bonds. The molecule has 29 heavy (non-hydrogen) atoms. The predicted molar refractivity (Wildman–Crippen MR) is 118 cm³/mol. The number of hydrogen-bond donors (Lipinski definition) is 1. The second kappa shape index (κ2) is 8.47. The third-order valence-corrected chi connectivity index (χ3v) is 6.40. The van der Waals surface area contributed by atoms with Gasteiger partial charge in [0.1, 0.15) is 5.01 Å². The fourth-order valence-electron chi connectivity index (χ4n) is 3.68. The van der Waals surface area contributed by atoms with Gasteiger partial charge in [0.15, 0.2) is 0 Å². The van der Waals surface area contributed by atoms with Gasteiger partial charge < -0.3 is 5.11 Å². The zero-order chi connectivity index (χ0) is 20.4. The van der Waals surface area contributed by atoms with Crippen molar-refractivity contribution in [2.24, 2.45) is 11.8 Å². The quantitative estimate of drug-likeness (QED) is 0.586. The van der Waals surface area contributed by atoms with E-state index in [4.69, 9.17) is 5.11 Å². The maximum atomic E-state index is 10.9. The Kier molecular flexibility index (Phi) is 5.79. The zero-order valence-corrected chi connectivity index (χ0v) is 17.7. The standard InChI is InChI=1S/C24H26N2O2S/c1-16(2)11-17-3-7-19(8-4-17)22-12-25-23(29-22)20-9-5-18(6-10-20)13-26-14-21(15-26)24(27)28/h3-10,12,16,21H,11,13-15H2,1-2H3,(H,27,28). The van der Waals surface area contributed by atoms with Crippen molar-refractivity contribution in [1.29, 1.82) is 0 Å². The number of benzene rings is 2. The first kappa shape index (κ1) is 19.8. The molecule has 0 saturated carbocycles. The Hall–Kier alpha value is -2.50. The van der Waals surface area contributed by atoms with E-state index >= 15 is 0 Å². The summed E-state index contributed by atoms with van der Waals surface area (Å²) in [5.41, 5.74) is 4.91. The number of hydrogen-bond acceptors (Lipinski definition) is 4. The van der Waals surface area contributed by atoms with E-state index in [0.717, 1.165) is 23.5 Å². The summed E-state index contributed by atoms with van der Waals surface area (Å²) < 4.78 is 0. The molecule has 2 heterocycles. The largest absolute Gasteiger partial charge is 0.481 e. The molecule has 150 valence electrons. The van der Waals surface area contributed by atoms with Crippen LogP contribution in [0.4, 0.5) is 0 Å². The monoisotopic (exact) mass is 406 g/mol. The van der Waals surface area contributed by atoms with E-state index in [9.17, 15) is 4.79 Å². The van der Waals surface area contributed by atoms with Crippen molar-refractivity contribution in [2.75, 3.05) is 13.1 Å². The van der Waals surface area contributed by atoms with Gasteiger partial charge in [-0.15, -0.1) is 11.3 Å². The van der Waals surface area contributed by atoms with E-state index < -0.39 is 5.97 Å². The summed E-state index contributed by atoms with van der Waals surface area (Å²) in [6, 6.07) is 17.3. The van der Waals surface area contributed by atoms with Crippen LogP contribution in [0.5, 0.6) is 0 Å². The number of carboxylic acid groups (broad SMARTS) is 1. The van der Waals surface area contributed by atoms with Gasteiger partial charge >= 0.3 is 5.97 Å². The number of carbonyl (C=O) groups is 1. The third-order valence-electron chi connectivity index (χ3n) is 5.30. The molecule has 4 nitrogen and oxygen atoms in total. The molecule has 1 saturated heterocycles. The second-order valence-electron chi connectivity index (χ2n) is 8.25. The van der Waals surface area contributed by atoms with Crippen LogP contribution in [0, 0.1) is 11.8 Å². The highest BCUT2D eigenvalue weighted by Crippen LogP contribution is 2.32. The Bertz CT molecular complexity index is 971. The Morgan fingerprint density at radius 1 is 1.07 bits per heavy atom. The fraction of sp³-hybridized carbons (Fsp3) is 0.333. The molecule has 0 spiro atoms. The third kappa shape index (κ3) is 4.74. The average molecular weight is 407 g/mol. The van der Waals surface area contributed by atoms with E-state index in [-0.39, 0.29) is 5.92 Å². The lowest BCUT2D eigenvalue weighted by Gasteiger charge is -2.36. The summed E-state index contributed by atoms with van der Waals surface area (Å²) in [5.74, 6) is -0.230. The van der Waals surface area contributed by atoms with Crippen LogP contribution in [-0.4, -0.2) is 34.0 Å². The zero-order valence-electron chi connectivity index (χ0n) is 16.8. The van der Waals surface area contributed by atoms with Gasteiger partial charge in [0.25, 0.3) is 0 Å². The van der Waals surface area contributed by atoms with Gasteiger partial charge in [-0.25, -0.2) is 4.98 Å². The molecule has 0 aliphatic carbocycles. The van der Waals surface area contributed by atoms with Crippen LogP contribution in [-0.2, 0) is 17.8 Å². The van der Waals surface area contributed by atoms with Crippen molar-refractivity contribution in [2.45, 2.75) is 26.8 Å². The molecular weight excluding hydrogens is 380 g/mol. The van der Waals surface area contributed by atoms with Crippen LogP contribution in [0.3, 0.4) is 0 Å². The smallest absolute Gasteiger partial charge is 0.309 e. The van der Waals surface area contributed by atoms with Crippen molar-refractivity contribution < 1.29 is 9.90 Å². The number of likely N-dealkylation sites (tertiary alicyclic amines) is 1. The minimum Gasteiger partial charge on any atom is -0.481 e. The summed E-state index contributed by atoms with van der Waals surface area (Å²) in [7, 11) is 0. The van der Waals surface area contributed by atoms with E-state index in [1.165, 1.54) is 21.6 Å². The molecule has 1 aromatic heterocycles. The van der Waals surface area contributed by atoms with Crippen LogP contribution in [0.2, 0.25) is 0 Å². The molecular formula is C24H26N2O2S.